The number of hydrogen-bond acceptors (Lipinski definition) is 11. The topological polar surface area (TPSA) is 138 Å². The van der Waals surface area contributed by atoms with Gasteiger partial charge in [0.25, 0.3) is 5.88 Å². The van der Waals surface area contributed by atoms with E-state index in [1.54, 1.807) is 7.11 Å². The molecular weight excluding hydrogens is 741 g/mol. The second kappa shape index (κ2) is 15.5. The van der Waals surface area contributed by atoms with Gasteiger partial charge in [-0.3, -0.25) is 14.5 Å². The number of carbonyl (C=O) groups is 3. The molecule has 1 unspecified atom stereocenters. The van der Waals surface area contributed by atoms with Gasteiger partial charge in [-0.05, 0) is 84.8 Å². The zero-order valence-corrected chi connectivity index (χ0v) is 35.2. The van der Waals surface area contributed by atoms with Crippen LogP contribution in [0.5, 0.6) is 5.88 Å². The third-order valence-corrected chi connectivity index (χ3v) is 17.2. The Morgan fingerprint density at radius 1 is 1.00 bits per heavy atom. The average molecular weight is 795 g/mol. The van der Waals surface area contributed by atoms with Crippen LogP contribution in [0.15, 0.2) is 99.2 Å². The first kappa shape index (κ1) is 40.4. The Hall–Kier alpha value is -4.78. The van der Waals surface area contributed by atoms with Gasteiger partial charge in [0, 0.05) is 24.3 Å². The summed E-state index contributed by atoms with van der Waals surface area (Å²) in [6.45, 7) is 10.7. The van der Waals surface area contributed by atoms with Crippen LogP contribution in [0.2, 0.25) is 18.1 Å². The molecule has 302 valence electrons. The van der Waals surface area contributed by atoms with E-state index in [4.69, 9.17) is 23.2 Å². The number of ketones is 2. The number of hydrogen-bond donors (Lipinski definition) is 1. The van der Waals surface area contributed by atoms with Crippen molar-refractivity contribution in [1.29, 1.82) is 0 Å². The lowest BCUT2D eigenvalue weighted by molar-refractivity contribution is -0.122. The zero-order chi connectivity index (χ0) is 40.9. The number of aliphatic hydroxyl groups excluding tert-OH is 1. The molecule has 0 radical (unpaired) electrons. The molecule has 1 saturated carbocycles. The summed E-state index contributed by atoms with van der Waals surface area (Å²) in [4.78, 5) is 44.6. The van der Waals surface area contributed by atoms with Crippen LogP contribution in [-0.4, -0.2) is 68.1 Å². The second-order valence-corrected chi connectivity index (χ2v) is 22.1. The van der Waals surface area contributed by atoms with Crippen molar-refractivity contribution in [2.45, 2.75) is 95.9 Å². The molecule has 7 rings (SSSR count). The number of rotatable bonds is 13. The zero-order valence-electron chi connectivity index (χ0n) is 34.2. The maximum Gasteiger partial charge on any atom is 0.265 e. The van der Waals surface area contributed by atoms with Gasteiger partial charge in [-0.1, -0.05) is 81.4 Å². The minimum atomic E-state index is -2.90. The van der Waals surface area contributed by atoms with E-state index in [0.29, 0.717) is 43.0 Å². The molecule has 0 amide bonds. The van der Waals surface area contributed by atoms with Crippen molar-refractivity contribution in [3.05, 3.63) is 117 Å². The Balaban J connectivity index is 1.41. The van der Waals surface area contributed by atoms with Crippen molar-refractivity contribution in [2.24, 2.45) is 17.8 Å². The number of methoxy groups -OCH3 is 1. The van der Waals surface area contributed by atoms with Crippen molar-refractivity contribution in [3.63, 3.8) is 0 Å². The number of ether oxygens (including phenoxy) is 3. The molecule has 0 saturated heterocycles. The molecule has 57 heavy (non-hydrogen) atoms. The average Bonchev–Trinajstić information content (AvgIpc) is 3.60. The van der Waals surface area contributed by atoms with E-state index < -0.39 is 43.5 Å². The van der Waals surface area contributed by atoms with Crippen LogP contribution < -0.4 is 4.74 Å². The third kappa shape index (κ3) is 6.99. The molecule has 12 heteroatoms. The molecule has 1 aromatic heterocycles. The normalized spacial score (nSPS) is 24.9. The lowest BCUT2D eigenvalue weighted by atomic mass is 9.57. The third-order valence-electron chi connectivity index (χ3n) is 12.7. The number of fused-ring (bicyclic) bond motifs is 4. The first-order chi connectivity index (χ1) is 27.1. The molecule has 0 aliphatic heterocycles. The van der Waals surface area contributed by atoms with Crippen LogP contribution in [0.3, 0.4) is 0 Å². The molecule has 4 aliphatic rings. The lowest BCUT2D eigenvalue weighted by Crippen LogP contribution is -2.65. The summed E-state index contributed by atoms with van der Waals surface area (Å²) in [5.41, 5.74) is 1.72. The van der Waals surface area contributed by atoms with E-state index in [0.717, 1.165) is 28.6 Å². The standard InChI is InChI=1S/C45H54N2O9Si/c1-44(2,3)57(7,8)56-45-32(37(47(4)5)40-36(42(45)51)43(46-55-40)54-26-28-18-13-10-14-19-28)23-30-22-31-33(52-6)24-29(20-15-21-48)39(35(31)38(49)34(30)41(45)50)53-25-27-16-11-9-12-17-27/h9-14,16-19,21,30,32,35,37,50H,15,20,22-26H2,1-8H3/t30-,32-,35?,37-,45-/m0/s1. The van der Waals surface area contributed by atoms with Gasteiger partial charge in [0.2, 0.25) is 5.78 Å². The summed E-state index contributed by atoms with van der Waals surface area (Å²) < 4.78 is 32.1. The van der Waals surface area contributed by atoms with Gasteiger partial charge in [-0.25, -0.2) is 0 Å². The van der Waals surface area contributed by atoms with Gasteiger partial charge in [0.05, 0.1) is 13.2 Å². The fourth-order valence-corrected chi connectivity index (χ4v) is 10.4. The summed E-state index contributed by atoms with van der Waals surface area (Å²) in [5.74, 6) is -1.79. The lowest BCUT2D eigenvalue weighted by Gasteiger charge is -2.55. The smallest absolute Gasteiger partial charge is 0.265 e. The van der Waals surface area contributed by atoms with Crippen molar-refractivity contribution < 1.29 is 42.6 Å². The Labute approximate surface area is 335 Å². The van der Waals surface area contributed by atoms with Crippen molar-refractivity contribution in [3.8, 4) is 5.88 Å². The van der Waals surface area contributed by atoms with Gasteiger partial charge in [0.15, 0.2) is 25.5 Å². The van der Waals surface area contributed by atoms with E-state index in [9.17, 15) is 9.90 Å². The van der Waals surface area contributed by atoms with Crippen LogP contribution in [0.4, 0.5) is 0 Å². The molecule has 0 bridgehead atoms. The molecule has 0 spiro atoms. The highest BCUT2D eigenvalue weighted by Crippen LogP contribution is 2.61. The Morgan fingerprint density at radius 3 is 2.21 bits per heavy atom. The summed E-state index contributed by atoms with van der Waals surface area (Å²) in [7, 11) is 2.51. The predicted octanol–water partition coefficient (Wildman–Crippen LogP) is 8.60. The molecule has 1 N–H and O–H groups in total. The van der Waals surface area contributed by atoms with Crippen LogP contribution in [0.25, 0.3) is 0 Å². The maximum atomic E-state index is 15.6. The molecule has 1 fully saturated rings. The number of benzene rings is 2. The maximum absolute atomic E-state index is 15.6. The van der Waals surface area contributed by atoms with E-state index in [1.165, 1.54) is 0 Å². The quantitative estimate of drug-likeness (QED) is 0.132. The number of carbonyl (C=O) groups excluding carboxylic acids is 3. The Kier molecular flexibility index (Phi) is 11.0. The first-order valence-electron chi connectivity index (χ1n) is 19.8. The van der Waals surface area contributed by atoms with Gasteiger partial charge in [-0.2, -0.15) is 0 Å². The molecule has 2 aromatic carbocycles. The van der Waals surface area contributed by atoms with E-state index in [2.05, 4.69) is 25.9 Å². The number of aldehydes is 1. The highest BCUT2D eigenvalue weighted by atomic mass is 28.4. The van der Waals surface area contributed by atoms with Crippen LogP contribution in [0, 0.1) is 17.8 Å². The van der Waals surface area contributed by atoms with E-state index >= 15 is 9.59 Å². The highest BCUT2D eigenvalue weighted by Gasteiger charge is 2.68. The highest BCUT2D eigenvalue weighted by molar-refractivity contribution is 6.74. The largest absolute Gasteiger partial charge is 0.508 e. The SMILES string of the molecule is COC1=C2C[C@H]3C[C@H]4[C@H](N(C)C)c5onc(OCc6ccccc6)c5C(=O)[C@@]4(O[Si](C)(C)C(C)(C)C)C(O)=C3C(=O)C2C(OCc2ccccc2)=C(CCC=O)C1. The minimum absolute atomic E-state index is 0.0128. The summed E-state index contributed by atoms with van der Waals surface area (Å²) in [6, 6.07) is 18.7. The van der Waals surface area contributed by atoms with Gasteiger partial charge >= 0.3 is 0 Å². The second-order valence-electron chi connectivity index (χ2n) is 17.4. The number of aliphatic hydroxyl groups is 1. The van der Waals surface area contributed by atoms with Crippen molar-refractivity contribution >= 4 is 26.2 Å². The molecular formula is C45H54N2O9Si. The van der Waals surface area contributed by atoms with Gasteiger partial charge < -0.3 is 33.1 Å². The van der Waals surface area contributed by atoms with Crippen LogP contribution in [0.1, 0.15) is 86.2 Å². The minimum Gasteiger partial charge on any atom is -0.508 e. The predicted molar refractivity (Wildman–Crippen MR) is 216 cm³/mol. The molecule has 11 nitrogen and oxygen atoms in total. The molecule has 5 atom stereocenters. The fraction of sp³-hybridized carbons (Fsp3) is 0.467. The van der Waals surface area contributed by atoms with E-state index in [-0.39, 0.29) is 53.2 Å². The number of Topliss-reactive ketones (excluding diaryl/α,β-unsaturated/α-hetero) is 2. The molecule has 3 aromatic rings. The first-order valence-corrected chi connectivity index (χ1v) is 22.7. The molecule has 4 aliphatic carbocycles. The Morgan fingerprint density at radius 2 is 1.63 bits per heavy atom. The van der Waals surface area contributed by atoms with E-state index in [1.807, 2.05) is 92.8 Å². The Bertz CT molecular complexity index is 2130. The fourth-order valence-electron chi connectivity index (χ4n) is 8.92. The van der Waals surface area contributed by atoms with Crippen molar-refractivity contribution in [1.82, 2.24) is 10.1 Å². The van der Waals surface area contributed by atoms with Crippen molar-refractivity contribution in [2.75, 3.05) is 21.2 Å². The monoisotopic (exact) mass is 794 g/mol. The molecule has 1 heterocycles. The van der Waals surface area contributed by atoms with Gasteiger partial charge in [0.1, 0.15) is 48.3 Å². The summed E-state index contributed by atoms with van der Waals surface area (Å²) >= 11 is 0. The number of allylic oxidation sites excluding steroid dienone is 3. The van der Waals surface area contributed by atoms with Gasteiger partial charge in [-0.15, -0.1) is 0 Å². The number of aromatic nitrogens is 1. The summed E-state index contributed by atoms with van der Waals surface area (Å²) in [5, 5.41) is 17.0. The van der Waals surface area contributed by atoms with Crippen LogP contribution >= 0.6 is 0 Å². The number of nitrogens with zero attached hydrogens (tertiary/aromatic N) is 2. The summed E-state index contributed by atoms with van der Waals surface area (Å²) in [6.07, 6.45) is 2.63. The van der Waals surface area contributed by atoms with Crippen LogP contribution in [-0.2, 0) is 36.7 Å².